The lowest BCUT2D eigenvalue weighted by molar-refractivity contribution is -0.0315. The second-order valence-corrected chi connectivity index (χ2v) is 8.18. The summed E-state index contributed by atoms with van der Waals surface area (Å²) in [5, 5.41) is 23.0. The van der Waals surface area contributed by atoms with Crippen LogP contribution in [0.2, 0.25) is 0 Å². The number of aliphatic hydroxyl groups excluding tert-OH is 1. The van der Waals surface area contributed by atoms with Crippen LogP contribution in [0.25, 0.3) is 0 Å². The van der Waals surface area contributed by atoms with E-state index in [9.17, 15) is 9.50 Å². The van der Waals surface area contributed by atoms with Crippen LogP contribution in [0.5, 0.6) is 0 Å². The van der Waals surface area contributed by atoms with E-state index in [0.29, 0.717) is 12.2 Å². The summed E-state index contributed by atoms with van der Waals surface area (Å²) in [4.78, 5) is 8.17. The highest BCUT2D eigenvalue weighted by Gasteiger charge is 2.60. The van der Waals surface area contributed by atoms with Crippen molar-refractivity contribution in [2.45, 2.75) is 37.2 Å². The lowest BCUT2D eigenvalue weighted by Gasteiger charge is -2.58. The zero-order valence-electron chi connectivity index (χ0n) is 16.3. The fourth-order valence-electron chi connectivity index (χ4n) is 4.78. The quantitative estimate of drug-likeness (QED) is 0.848. The Morgan fingerprint density at radius 2 is 2.11 bits per heavy atom. The van der Waals surface area contributed by atoms with Gasteiger partial charge in [0.25, 0.3) is 0 Å². The van der Waals surface area contributed by atoms with E-state index in [4.69, 9.17) is 5.26 Å². The van der Waals surface area contributed by atoms with Crippen LogP contribution in [-0.4, -0.2) is 47.5 Å². The number of aliphatic hydroxyl groups is 1. The van der Waals surface area contributed by atoms with Gasteiger partial charge >= 0.3 is 0 Å². The van der Waals surface area contributed by atoms with Gasteiger partial charge in [-0.2, -0.15) is 5.26 Å². The van der Waals surface area contributed by atoms with Crippen molar-refractivity contribution in [3.63, 3.8) is 0 Å². The van der Waals surface area contributed by atoms with Crippen molar-refractivity contribution in [2.24, 2.45) is 0 Å². The summed E-state index contributed by atoms with van der Waals surface area (Å²) in [6.07, 6.45) is 2.32. The molecule has 1 atom stereocenters. The summed E-state index contributed by atoms with van der Waals surface area (Å²) in [5.74, 6) is -0.236. The molecule has 4 rings (SSSR count). The number of pyridine rings is 1. The number of nitrogens with zero attached hydrogens (tertiary/aromatic N) is 4. The van der Waals surface area contributed by atoms with E-state index in [1.807, 2.05) is 38.1 Å². The van der Waals surface area contributed by atoms with Gasteiger partial charge in [0.2, 0.25) is 0 Å². The number of nitriles is 1. The van der Waals surface area contributed by atoms with Crippen molar-refractivity contribution in [1.29, 1.82) is 5.26 Å². The molecule has 7 heteroatoms. The number of rotatable bonds is 3. The maximum atomic E-state index is 13.8. The number of nitrogens with one attached hydrogen (secondary N) is 1. The van der Waals surface area contributed by atoms with Crippen molar-refractivity contribution in [3.8, 4) is 6.07 Å². The molecule has 1 spiro atoms. The average Bonchev–Trinajstić information content (AvgIpc) is 2.97. The maximum Gasteiger partial charge on any atom is 0.184 e. The number of aryl methyl sites for hydroxylation is 1. The van der Waals surface area contributed by atoms with Crippen LogP contribution in [0.4, 0.5) is 10.1 Å². The summed E-state index contributed by atoms with van der Waals surface area (Å²) in [6.45, 7) is 2.53. The molecule has 1 saturated carbocycles. The van der Waals surface area contributed by atoms with Gasteiger partial charge in [0.1, 0.15) is 17.6 Å². The number of aromatic nitrogens is 1. The van der Waals surface area contributed by atoms with Crippen LogP contribution >= 0.6 is 0 Å². The van der Waals surface area contributed by atoms with Crippen molar-refractivity contribution in [3.05, 3.63) is 59.2 Å². The third-order valence-corrected chi connectivity index (χ3v) is 6.19. The molecule has 2 aliphatic rings. The number of halogens is 1. The minimum absolute atomic E-state index is 0.236. The second-order valence-electron chi connectivity index (χ2n) is 8.18. The highest BCUT2D eigenvalue weighted by molar-refractivity contribution is 5.55. The molecule has 1 aliphatic carbocycles. The van der Waals surface area contributed by atoms with Gasteiger partial charge in [-0.15, -0.1) is 0 Å². The third kappa shape index (κ3) is 2.85. The Hall–Kier alpha value is -2.53. The van der Waals surface area contributed by atoms with Gasteiger partial charge in [0.15, 0.2) is 6.35 Å². The molecule has 1 aliphatic heterocycles. The predicted octanol–water partition coefficient (Wildman–Crippen LogP) is 2.08. The zero-order chi connectivity index (χ0) is 20.1. The maximum absolute atomic E-state index is 13.8. The van der Waals surface area contributed by atoms with Gasteiger partial charge in [0.05, 0.1) is 11.9 Å². The first-order chi connectivity index (χ1) is 13.3. The van der Waals surface area contributed by atoms with Crippen LogP contribution < -0.4 is 10.2 Å². The minimum atomic E-state index is -0.832. The Morgan fingerprint density at radius 1 is 1.36 bits per heavy atom. The Morgan fingerprint density at radius 3 is 2.71 bits per heavy atom. The fourth-order valence-corrected chi connectivity index (χ4v) is 4.78. The summed E-state index contributed by atoms with van der Waals surface area (Å²) in [7, 11) is 4.02. The van der Waals surface area contributed by atoms with Gasteiger partial charge in [0, 0.05) is 17.6 Å². The van der Waals surface area contributed by atoms with Crippen molar-refractivity contribution in [2.75, 3.05) is 25.5 Å². The largest absolute Gasteiger partial charge is 0.361 e. The van der Waals surface area contributed by atoms with Gasteiger partial charge in [-0.05, 0) is 63.2 Å². The van der Waals surface area contributed by atoms with Crippen molar-refractivity contribution in [1.82, 2.24) is 15.2 Å². The first-order valence-corrected chi connectivity index (χ1v) is 9.31. The summed E-state index contributed by atoms with van der Waals surface area (Å²) >= 11 is 0. The Labute approximate surface area is 164 Å². The molecular weight excluding hydrogens is 357 g/mol. The SMILES string of the molecule is Cc1cc(C#N)ncc1N1C[C@]2(C[C@](c3cccc(F)c3)(N(C)C)C2)NC1O. The van der Waals surface area contributed by atoms with E-state index in [-0.39, 0.29) is 16.9 Å². The number of anilines is 1. The van der Waals surface area contributed by atoms with Crippen LogP contribution in [0.3, 0.4) is 0 Å². The Balaban J connectivity index is 1.59. The minimum Gasteiger partial charge on any atom is -0.361 e. The lowest BCUT2D eigenvalue weighted by Crippen LogP contribution is -2.67. The van der Waals surface area contributed by atoms with E-state index in [1.165, 1.54) is 6.07 Å². The van der Waals surface area contributed by atoms with Crippen LogP contribution in [-0.2, 0) is 5.54 Å². The van der Waals surface area contributed by atoms with E-state index >= 15 is 0 Å². The van der Waals surface area contributed by atoms with Gasteiger partial charge in [-0.1, -0.05) is 12.1 Å². The fraction of sp³-hybridized carbons (Fsp3) is 0.429. The molecule has 6 nitrogen and oxygen atoms in total. The van der Waals surface area contributed by atoms with Crippen LogP contribution in [0.1, 0.15) is 29.7 Å². The molecule has 28 heavy (non-hydrogen) atoms. The summed E-state index contributed by atoms with van der Waals surface area (Å²) < 4.78 is 13.8. The standard InChI is InChI=1S/C21H24FN5O/c1-14-7-17(9-23)24-10-18(14)27-13-20(25-19(27)28)11-21(12-20,26(2)3)15-5-4-6-16(22)8-15/h4-8,10,19,25,28H,11-13H2,1-3H3/t19?,20-,21+. The Kier molecular flexibility index (Phi) is 4.38. The van der Waals surface area contributed by atoms with Crippen molar-refractivity contribution >= 4 is 5.69 Å². The van der Waals surface area contributed by atoms with E-state index in [0.717, 1.165) is 29.7 Å². The number of hydrogen-bond donors (Lipinski definition) is 2. The highest BCUT2D eigenvalue weighted by atomic mass is 19.1. The molecule has 1 unspecified atom stereocenters. The lowest BCUT2D eigenvalue weighted by atomic mass is 9.59. The second kappa shape index (κ2) is 6.52. The highest BCUT2D eigenvalue weighted by Crippen LogP contribution is 2.54. The average molecular weight is 381 g/mol. The molecule has 2 fully saturated rings. The Bertz CT molecular complexity index is 948. The molecule has 2 N–H and O–H groups in total. The number of hydrogen-bond acceptors (Lipinski definition) is 6. The van der Waals surface area contributed by atoms with Crippen LogP contribution in [0, 0.1) is 24.1 Å². The van der Waals surface area contributed by atoms with E-state index in [1.54, 1.807) is 24.4 Å². The van der Waals surface area contributed by atoms with E-state index < -0.39 is 6.35 Å². The molecule has 0 amide bonds. The molecule has 1 aromatic carbocycles. The number of benzene rings is 1. The van der Waals surface area contributed by atoms with Gasteiger partial charge < -0.3 is 10.0 Å². The van der Waals surface area contributed by atoms with Gasteiger partial charge in [-0.25, -0.2) is 9.37 Å². The smallest absolute Gasteiger partial charge is 0.184 e. The molecule has 146 valence electrons. The zero-order valence-corrected chi connectivity index (χ0v) is 16.3. The first kappa shape index (κ1) is 18.8. The molecular formula is C21H24FN5O. The third-order valence-electron chi connectivity index (χ3n) is 6.19. The normalized spacial score (nSPS) is 29.2. The molecule has 0 bridgehead atoms. The molecule has 2 heterocycles. The topological polar surface area (TPSA) is 75.4 Å². The predicted molar refractivity (Wildman–Crippen MR) is 104 cm³/mol. The van der Waals surface area contributed by atoms with Gasteiger partial charge in [-0.3, -0.25) is 10.2 Å². The molecule has 2 aromatic rings. The molecule has 1 aromatic heterocycles. The summed E-state index contributed by atoms with van der Waals surface area (Å²) in [6, 6.07) is 10.5. The van der Waals surface area contributed by atoms with Crippen molar-refractivity contribution < 1.29 is 9.50 Å². The monoisotopic (exact) mass is 381 g/mol. The van der Waals surface area contributed by atoms with Crippen LogP contribution in [0.15, 0.2) is 36.5 Å². The van der Waals surface area contributed by atoms with E-state index in [2.05, 4.69) is 15.2 Å². The molecule has 0 radical (unpaired) electrons. The first-order valence-electron chi connectivity index (χ1n) is 9.31. The molecule has 1 saturated heterocycles. The summed E-state index contributed by atoms with van der Waals surface area (Å²) in [5.41, 5.74) is 2.48.